The summed E-state index contributed by atoms with van der Waals surface area (Å²) in [6.45, 7) is 2.52. The topological polar surface area (TPSA) is 100 Å². The number of hydrazone groups is 1. The van der Waals surface area contributed by atoms with Crippen molar-refractivity contribution in [3.8, 4) is 16.2 Å². The van der Waals surface area contributed by atoms with E-state index < -0.39 is 5.91 Å². The molecule has 190 valence electrons. The van der Waals surface area contributed by atoms with E-state index in [9.17, 15) is 14.7 Å². The number of nitrogens with one attached hydrogen (secondary N) is 1. The molecule has 2 unspecified atom stereocenters. The Kier molecular flexibility index (Phi) is 8.34. The molecule has 2 aromatic heterocycles. The van der Waals surface area contributed by atoms with Gasteiger partial charge in [0.25, 0.3) is 11.8 Å². The molecule has 0 bridgehead atoms. The van der Waals surface area contributed by atoms with E-state index in [1.54, 1.807) is 61.8 Å². The van der Waals surface area contributed by atoms with Gasteiger partial charge in [-0.05, 0) is 36.8 Å². The Hall–Kier alpha value is -2.47. The van der Waals surface area contributed by atoms with E-state index in [1.165, 1.54) is 11.3 Å². The van der Waals surface area contributed by atoms with Gasteiger partial charge >= 0.3 is 0 Å². The minimum atomic E-state index is -0.455. The van der Waals surface area contributed by atoms with Crippen LogP contribution in [0.25, 0.3) is 10.4 Å². The summed E-state index contributed by atoms with van der Waals surface area (Å²) in [6.07, 6.45) is -0.380. The molecule has 36 heavy (non-hydrogen) atoms. The number of carbonyl (C=O) groups is 2. The van der Waals surface area contributed by atoms with E-state index in [0.29, 0.717) is 49.0 Å². The van der Waals surface area contributed by atoms with Crippen LogP contribution in [0.15, 0.2) is 40.8 Å². The fraction of sp³-hybridized carbons (Fsp3) is 0.292. The average molecular weight is 569 g/mol. The number of amides is 2. The highest BCUT2D eigenvalue weighted by molar-refractivity contribution is 7.16. The molecule has 0 saturated carbocycles. The number of likely N-dealkylation sites (tertiary alicyclic amines) is 1. The summed E-state index contributed by atoms with van der Waals surface area (Å²) in [5, 5.41) is 17.4. The van der Waals surface area contributed by atoms with Crippen LogP contribution in [0, 0.1) is 0 Å². The van der Waals surface area contributed by atoms with E-state index in [1.807, 2.05) is 0 Å². The van der Waals surface area contributed by atoms with E-state index in [2.05, 4.69) is 10.5 Å². The zero-order valence-corrected chi connectivity index (χ0v) is 22.7. The molecular formula is C24H23Cl2N3O5S2. The number of hydrogen-bond acceptors (Lipinski definition) is 8. The first-order valence-electron chi connectivity index (χ1n) is 10.8. The summed E-state index contributed by atoms with van der Waals surface area (Å²) in [6, 6.07) is 8.31. The maximum atomic E-state index is 12.9. The Morgan fingerprint density at radius 1 is 1.08 bits per heavy atom. The number of nitrogens with zero attached hydrogens (tertiary/aromatic N) is 2. The maximum absolute atomic E-state index is 12.9. The van der Waals surface area contributed by atoms with Crippen molar-refractivity contribution in [1.29, 1.82) is 0 Å². The van der Waals surface area contributed by atoms with Crippen LogP contribution >= 0.6 is 45.9 Å². The Balaban J connectivity index is 1.43. The molecule has 3 heterocycles. The number of rotatable bonds is 7. The Morgan fingerprint density at radius 2 is 1.75 bits per heavy atom. The summed E-state index contributed by atoms with van der Waals surface area (Å²) in [7, 11) is 3.18. The summed E-state index contributed by atoms with van der Waals surface area (Å²) in [4.78, 5) is 28.6. The van der Waals surface area contributed by atoms with Gasteiger partial charge in [0.15, 0.2) is 0 Å². The fourth-order valence-electron chi connectivity index (χ4n) is 3.79. The number of ether oxygens (including phenoxy) is 2. The van der Waals surface area contributed by atoms with Crippen LogP contribution in [0.3, 0.4) is 0 Å². The van der Waals surface area contributed by atoms with Crippen molar-refractivity contribution in [1.82, 2.24) is 10.3 Å². The van der Waals surface area contributed by atoms with Crippen LogP contribution in [0.4, 0.5) is 0 Å². The Labute approximate surface area is 226 Å². The van der Waals surface area contributed by atoms with Crippen LogP contribution < -0.4 is 5.43 Å². The number of carbonyl (C=O) groups excluding carboxylic acids is 2. The molecule has 1 saturated heterocycles. The van der Waals surface area contributed by atoms with Gasteiger partial charge in [-0.15, -0.1) is 22.7 Å². The second kappa shape index (κ2) is 11.3. The number of aromatic hydroxyl groups is 1. The minimum Gasteiger partial charge on any atom is -0.506 e. The first-order chi connectivity index (χ1) is 17.2. The van der Waals surface area contributed by atoms with Crippen LogP contribution in [0.2, 0.25) is 10.0 Å². The van der Waals surface area contributed by atoms with Gasteiger partial charge in [0.2, 0.25) is 0 Å². The average Bonchev–Trinajstić information content (AvgIpc) is 3.61. The number of methoxy groups -OCH3 is 2. The summed E-state index contributed by atoms with van der Waals surface area (Å²) >= 11 is 14.5. The number of thiophene rings is 2. The smallest absolute Gasteiger partial charge is 0.281 e. The third-order valence-corrected chi connectivity index (χ3v) is 8.64. The van der Waals surface area contributed by atoms with Crippen molar-refractivity contribution < 1.29 is 24.2 Å². The zero-order valence-electron chi connectivity index (χ0n) is 19.6. The standard InChI is InChI=1S/C24H23Cl2N3O5S2/c1-12(14-11-35-22(21(14)30)13-4-5-15(25)16(26)8-13)27-28-23(31)19-6-7-20(36-19)24(32)29-9-17(33-2)18(10-29)34-3/h4-8,11,17-18,30H,9-10H2,1-3H3,(H,28,31)/b27-12+. The van der Waals surface area contributed by atoms with Crippen molar-refractivity contribution in [2.45, 2.75) is 19.1 Å². The molecular weight excluding hydrogens is 545 g/mol. The summed E-state index contributed by atoms with van der Waals surface area (Å²) < 4.78 is 10.8. The molecule has 0 radical (unpaired) electrons. The minimum absolute atomic E-state index is 0.0345. The third-order valence-electron chi connectivity index (χ3n) is 5.81. The van der Waals surface area contributed by atoms with Crippen LogP contribution in [-0.2, 0) is 9.47 Å². The van der Waals surface area contributed by atoms with Gasteiger partial charge in [-0.25, -0.2) is 5.43 Å². The molecule has 12 heteroatoms. The number of hydrogen-bond donors (Lipinski definition) is 2. The lowest BCUT2D eigenvalue weighted by Crippen LogP contribution is -2.29. The van der Waals surface area contributed by atoms with Crippen LogP contribution in [0.5, 0.6) is 5.75 Å². The number of benzene rings is 1. The van der Waals surface area contributed by atoms with E-state index in [4.69, 9.17) is 32.7 Å². The summed E-state index contributed by atoms with van der Waals surface area (Å²) in [5.74, 6) is -0.602. The van der Waals surface area contributed by atoms with Gasteiger partial charge in [0.05, 0.1) is 36.0 Å². The summed E-state index contributed by atoms with van der Waals surface area (Å²) in [5.41, 5.74) is 4.12. The van der Waals surface area contributed by atoms with Gasteiger partial charge in [0.1, 0.15) is 18.0 Å². The van der Waals surface area contributed by atoms with Crippen molar-refractivity contribution in [2.24, 2.45) is 5.10 Å². The lowest BCUT2D eigenvalue weighted by molar-refractivity contribution is -0.00461. The zero-order chi connectivity index (χ0) is 26.0. The molecule has 8 nitrogen and oxygen atoms in total. The van der Waals surface area contributed by atoms with Gasteiger partial charge in [-0.3, -0.25) is 9.59 Å². The quantitative estimate of drug-likeness (QED) is 0.304. The molecule has 2 amide bonds. The first-order valence-corrected chi connectivity index (χ1v) is 13.2. The van der Waals surface area contributed by atoms with Gasteiger partial charge in [-0.1, -0.05) is 29.3 Å². The highest BCUT2D eigenvalue weighted by atomic mass is 35.5. The van der Waals surface area contributed by atoms with Crippen LogP contribution in [0.1, 0.15) is 31.8 Å². The molecule has 1 aliphatic rings. The SMILES string of the molecule is COC1CN(C(=O)c2ccc(C(=O)N/N=C(\C)c3csc(-c4ccc(Cl)c(Cl)c4)c3O)s2)CC1OC. The molecule has 2 atom stereocenters. The predicted molar refractivity (Wildman–Crippen MR) is 143 cm³/mol. The molecule has 1 aromatic carbocycles. The van der Waals surface area contributed by atoms with Crippen LogP contribution in [-0.4, -0.2) is 67.0 Å². The molecule has 4 rings (SSSR count). The highest BCUT2D eigenvalue weighted by Gasteiger charge is 2.36. The van der Waals surface area contributed by atoms with Crippen molar-refractivity contribution in [3.05, 3.63) is 61.1 Å². The third kappa shape index (κ3) is 5.44. The largest absolute Gasteiger partial charge is 0.506 e. The van der Waals surface area contributed by atoms with Gasteiger partial charge in [-0.2, -0.15) is 5.10 Å². The van der Waals surface area contributed by atoms with Gasteiger partial charge in [0, 0.05) is 32.7 Å². The molecule has 1 aliphatic heterocycles. The lowest BCUT2D eigenvalue weighted by atomic mass is 10.1. The lowest BCUT2D eigenvalue weighted by Gasteiger charge is -2.14. The van der Waals surface area contributed by atoms with E-state index in [-0.39, 0.29) is 23.9 Å². The Morgan fingerprint density at radius 3 is 2.39 bits per heavy atom. The molecule has 1 fully saturated rings. The molecule has 0 aliphatic carbocycles. The van der Waals surface area contributed by atoms with E-state index in [0.717, 1.165) is 16.9 Å². The maximum Gasteiger partial charge on any atom is 0.281 e. The van der Waals surface area contributed by atoms with Crippen molar-refractivity contribution >= 4 is 63.4 Å². The highest BCUT2D eigenvalue weighted by Crippen LogP contribution is 2.40. The van der Waals surface area contributed by atoms with Crippen molar-refractivity contribution in [3.63, 3.8) is 0 Å². The molecule has 3 aromatic rings. The monoisotopic (exact) mass is 567 g/mol. The second-order valence-corrected chi connectivity index (χ2v) is 10.8. The first kappa shape index (κ1) is 26.6. The van der Waals surface area contributed by atoms with Gasteiger partial charge < -0.3 is 19.5 Å². The number of halogens is 2. The predicted octanol–water partition coefficient (Wildman–Crippen LogP) is 5.13. The fourth-order valence-corrected chi connectivity index (χ4v) is 5.96. The molecule has 2 N–H and O–H groups in total. The van der Waals surface area contributed by atoms with E-state index >= 15 is 0 Å². The normalized spacial score (nSPS) is 18.0. The second-order valence-electron chi connectivity index (χ2n) is 8.02. The Bertz CT molecular complexity index is 1310. The molecule has 0 spiro atoms. The van der Waals surface area contributed by atoms with Crippen molar-refractivity contribution in [2.75, 3.05) is 27.3 Å².